The Labute approximate surface area is 146 Å². The fraction of sp³-hybridized carbons (Fsp3) is 0.312. The molecule has 3 rings (SSSR count). The molecule has 0 spiro atoms. The minimum absolute atomic E-state index is 0.0463. The summed E-state index contributed by atoms with van der Waals surface area (Å²) in [5.74, 6) is -1.75. The van der Waals surface area contributed by atoms with Crippen LogP contribution >= 0.6 is 0 Å². The van der Waals surface area contributed by atoms with E-state index >= 15 is 0 Å². The van der Waals surface area contributed by atoms with Gasteiger partial charge in [-0.1, -0.05) is 18.2 Å². The number of alkyl halides is 3. The molecule has 1 aromatic heterocycles. The smallest absolute Gasteiger partial charge is 0.435 e. The number of halogens is 3. The number of hydrogen-bond acceptors (Lipinski definition) is 3. The van der Waals surface area contributed by atoms with Crippen LogP contribution in [0.5, 0.6) is 0 Å². The monoisotopic (exact) mass is 368 g/mol. The van der Waals surface area contributed by atoms with Gasteiger partial charge in [0.05, 0.1) is 23.5 Å². The van der Waals surface area contributed by atoms with Gasteiger partial charge in [0.2, 0.25) is 0 Å². The number of aromatic nitrogens is 2. The molecule has 2 heterocycles. The molecule has 1 saturated heterocycles. The Kier molecular flexibility index (Phi) is 4.58. The second-order valence-corrected chi connectivity index (χ2v) is 5.85. The maximum absolute atomic E-state index is 13.5. The molecule has 7 nitrogen and oxygen atoms in total. The zero-order valence-electron chi connectivity index (χ0n) is 13.4. The summed E-state index contributed by atoms with van der Waals surface area (Å²) in [7, 11) is 0. The lowest BCUT2D eigenvalue weighted by Crippen LogP contribution is -2.34. The van der Waals surface area contributed by atoms with E-state index in [0.717, 1.165) is 6.20 Å². The molecule has 1 atom stereocenters. The second kappa shape index (κ2) is 6.70. The molecule has 1 aliphatic rings. The van der Waals surface area contributed by atoms with Gasteiger partial charge in [-0.05, 0) is 18.6 Å². The summed E-state index contributed by atoms with van der Waals surface area (Å²) in [5, 5.41) is 14.9. The number of urea groups is 1. The first-order chi connectivity index (χ1) is 12.3. The number of nitrogens with zero attached hydrogens (tertiary/aromatic N) is 3. The van der Waals surface area contributed by atoms with E-state index < -0.39 is 35.5 Å². The first-order valence-electron chi connectivity index (χ1n) is 7.76. The number of anilines is 1. The molecule has 0 radical (unpaired) electrons. The predicted molar refractivity (Wildman–Crippen MR) is 84.9 cm³/mol. The van der Waals surface area contributed by atoms with E-state index in [1.165, 1.54) is 17.0 Å². The van der Waals surface area contributed by atoms with Crippen molar-refractivity contribution < 1.29 is 27.9 Å². The van der Waals surface area contributed by atoms with E-state index in [-0.39, 0.29) is 25.2 Å². The summed E-state index contributed by atoms with van der Waals surface area (Å²) in [6, 6.07) is 6.95. The molecule has 0 bridgehead atoms. The zero-order chi connectivity index (χ0) is 18.9. The van der Waals surface area contributed by atoms with Gasteiger partial charge in [0.15, 0.2) is 5.69 Å². The molecule has 10 heteroatoms. The van der Waals surface area contributed by atoms with E-state index in [1.54, 1.807) is 18.2 Å². The Morgan fingerprint density at radius 1 is 1.23 bits per heavy atom. The number of aliphatic carboxylic acids is 1. The van der Waals surface area contributed by atoms with Gasteiger partial charge in [0, 0.05) is 13.1 Å². The van der Waals surface area contributed by atoms with Crippen molar-refractivity contribution in [2.24, 2.45) is 5.92 Å². The third kappa shape index (κ3) is 3.48. The maximum Gasteiger partial charge on any atom is 0.435 e. The molecule has 2 N–H and O–H groups in total. The number of carbonyl (C=O) groups is 2. The summed E-state index contributed by atoms with van der Waals surface area (Å²) < 4.78 is 41.3. The first kappa shape index (κ1) is 17.8. The molecule has 0 aliphatic carbocycles. The number of nitrogens with one attached hydrogen (secondary N) is 1. The fourth-order valence-corrected chi connectivity index (χ4v) is 2.82. The van der Waals surface area contributed by atoms with Crippen LogP contribution in [-0.4, -0.2) is 44.9 Å². The summed E-state index contributed by atoms with van der Waals surface area (Å²) in [4.78, 5) is 24.4. The number of carbonyl (C=O) groups excluding carboxylic acids is 1. The van der Waals surface area contributed by atoms with Gasteiger partial charge in [-0.3, -0.25) is 4.79 Å². The Balaban J connectivity index is 1.86. The molecular formula is C16H15F3N4O3. The van der Waals surface area contributed by atoms with E-state index in [9.17, 15) is 22.8 Å². The number of carboxylic acids is 1. The van der Waals surface area contributed by atoms with Crippen molar-refractivity contribution in [3.8, 4) is 5.69 Å². The fourth-order valence-electron chi connectivity index (χ4n) is 2.82. The minimum Gasteiger partial charge on any atom is -0.481 e. The molecule has 138 valence electrons. The minimum atomic E-state index is -4.75. The van der Waals surface area contributed by atoms with Gasteiger partial charge >= 0.3 is 18.2 Å². The van der Waals surface area contributed by atoms with Crippen molar-refractivity contribution in [3.05, 3.63) is 42.2 Å². The SMILES string of the molecule is O=C(O)C1CCN(C(=O)Nc2cnn(-c3ccccc3)c2C(F)(F)F)C1. The Morgan fingerprint density at radius 2 is 1.92 bits per heavy atom. The highest BCUT2D eigenvalue weighted by Gasteiger charge is 2.40. The third-order valence-electron chi connectivity index (χ3n) is 4.10. The number of para-hydroxylation sites is 1. The normalized spacial score (nSPS) is 17.3. The largest absolute Gasteiger partial charge is 0.481 e. The van der Waals surface area contributed by atoms with Crippen molar-refractivity contribution >= 4 is 17.7 Å². The van der Waals surface area contributed by atoms with Gasteiger partial charge in [-0.2, -0.15) is 18.3 Å². The maximum atomic E-state index is 13.5. The van der Waals surface area contributed by atoms with Crippen LogP contribution in [0.3, 0.4) is 0 Å². The number of hydrogen-bond donors (Lipinski definition) is 2. The first-order valence-corrected chi connectivity index (χ1v) is 7.76. The van der Waals surface area contributed by atoms with E-state index in [2.05, 4.69) is 10.4 Å². The van der Waals surface area contributed by atoms with Gasteiger partial charge in [0.1, 0.15) is 0 Å². The van der Waals surface area contributed by atoms with Crippen LogP contribution < -0.4 is 5.32 Å². The standard InChI is InChI=1S/C16H15F3N4O3/c17-16(18,19)13-12(8-20-23(13)11-4-2-1-3-5-11)21-15(26)22-7-6-10(9-22)14(24)25/h1-5,8,10H,6-7,9H2,(H,21,26)(H,24,25). The number of amides is 2. The highest BCUT2D eigenvalue weighted by atomic mass is 19.4. The van der Waals surface area contributed by atoms with E-state index in [1.807, 2.05) is 0 Å². The van der Waals surface area contributed by atoms with Crippen LogP contribution in [0.4, 0.5) is 23.7 Å². The van der Waals surface area contributed by atoms with Crippen LogP contribution in [0.15, 0.2) is 36.5 Å². The number of carboxylic acid groups (broad SMARTS) is 1. The predicted octanol–water partition coefficient (Wildman–Crippen LogP) is 2.83. The number of likely N-dealkylation sites (tertiary alicyclic amines) is 1. The van der Waals surface area contributed by atoms with Crippen molar-refractivity contribution in [1.82, 2.24) is 14.7 Å². The highest BCUT2D eigenvalue weighted by Crippen LogP contribution is 2.36. The molecule has 26 heavy (non-hydrogen) atoms. The van der Waals surface area contributed by atoms with Crippen LogP contribution in [-0.2, 0) is 11.0 Å². The van der Waals surface area contributed by atoms with E-state index in [0.29, 0.717) is 4.68 Å². The molecule has 2 aromatic rings. The van der Waals surface area contributed by atoms with E-state index in [4.69, 9.17) is 5.11 Å². The Morgan fingerprint density at radius 3 is 2.50 bits per heavy atom. The van der Waals surface area contributed by atoms with Crippen molar-refractivity contribution in [3.63, 3.8) is 0 Å². The topological polar surface area (TPSA) is 87.5 Å². The molecular weight excluding hydrogens is 353 g/mol. The van der Waals surface area contributed by atoms with Crippen LogP contribution in [0, 0.1) is 5.92 Å². The lowest BCUT2D eigenvalue weighted by Gasteiger charge is -2.18. The highest BCUT2D eigenvalue weighted by molar-refractivity contribution is 5.90. The van der Waals surface area contributed by atoms with Crippen LogP contribution in [0.1, 0.15) is 12.1 Å². The van der Waals surface area contributed by atoms with Gasteiger partial charge in [0.25, 0.3) is 0 Å². The lowest BCUT2D eigenvalue weighted by molar-refractivity contribution is -0.142. The third-order valence-corrected chi connectivity index (χ3v) is 4.10. The van der Waals surface area contributed by atoms with Crippen LogP contribution in [0.2, 0.25) is 0 Å². The van der Waals surface area contributed by atoms with Crippen molar-refractivity contribution in [2.45, 2.75) is 12.6 Å². The van der Waals surface area contributed by atoms with Gasteiger partial charge in [-0.25, -0.2) is 9.48 Å². The molecule has 1 fully saturated rings. The summed E-state index contributed by atoms with van der Waals surface area (Å²) in [6.07, 6.45) is -3.56. The van der Waals surface area contributed by atoms with Gasteiger partial charge < -0.3 is 15.3 Å². The number of rotatable bonds is 3. The molecule has 1 unspecified atom stereocenters. The molecule has 2 amide bonds. The van der Waals surface area contributed by atoms with Crippen molar-refractivity contribution in [1.29, 1.82) is 0 Å². The molecule has 0 saturated carbocycles. The zero-order valence-corrected chi connectivity index (χ0v) is 13.4. The Bertz CT molecular complexity index is 820. The van der Waals surface area contributed by atoms with Gasteiger partial charge in [-0.15, -0.1) is 0 Å². The summed E-state index contributed by atoms with van der Waals surface area (Å²) >= 11 is 0. The average molecular weight is 368 g/mol. The van der Waals surface area contributed by atoms with Crippen LogP contribution in [0.25, 0.3) is 5.69 Å². The molecule has 1 aliphatic heterocycles. The second-order valence-electron chi connectivity index (χ2n) is 5.85. The quantitative estimate of drug-likeness (QED) is 0.872. The van der Waals surface area contributed by atoms with Crippen molar-refractivity contribution in [2.75, 3.05) is 18.4 Å². The number of benzene rings is 1. The summed E-state index contributed by atoms with van der Waals surface area (Å²) in [5.41, 5.74) is -1.39. The lowest BCUT2D eigenvalue weighted by atomic mass is 10.1. The molecule has 1 aromatic carbocycles. The average Bonchev–Trinajstić information content (AvgIpc) is 3.22. The summed E-state index contributed by atoms with van der Waals surface area (Å²) in [6.45, 7) is 0.117. The Hall–Kier alpha value is -3.04.